The second-order valence-corrected chi connectivity index (χ2v) is 5.51. The lowest BCUT2D eigenvalue weighted by molar-refractivity contribution is 0.208. The highest BCUT2D eigenvalue weighted by molar-refractivity contribution is 5.89. The average molecular weight is 335 g/mol. The maximum atomic E-state index is 13.3. The minimum absolute atomic E-state index is 0.272. The third kappa shape index (κ3) is 3.61. The molecule has 0 aliphatic carbocycles. The van der Waals surface area contributed by atoms with Crippen molar-refractivity contribution in [1.29, 1.82) is 0 Å². The molecule has 126 valence electrons. The highest BCUT2D eigenvalue weighted by Crippen LogP contribution is 2.20. The summed E-state index contributed by atoms with van der Waals surface area (Å²) in [5.74, 6) is -2.13. The molecule has 7 heteroatoms. The largest absolute Gasteiger partial charge is 0.368 e. The van der Waals surface area contributed by atoms with Crippen molar-refractivity contribution in [2.75, 3.05) is 36.4 Å². The van der Waals surface area contributed by atoms with E-state index in [1.165, 1.54) is 30.3 Å². The molecule has 0 bridgehead atoms. The summed E-state index contributed by atoms with van der Waals surface area (Å²) >= 11 is 0. The number of benzene rings is 2. The summed E-state index contributed by atoms with van der Waals surface area (Å²) in [7, 11) is 0. The molecule has 0 atom stereocenters. The van der Waals surface area contributed by atoms with E-state index in [-0.39, 0.29) is 11.8 Å². The summed E-state index contributed by atoms with van der Waals surface area (Å²) in [6.45, 7) is 1.93. The number of halogens is 3. The molecule has 0 saturated carbocycles. The van der Waals surface area contributed by atoms with E-state index in [0.717, 1.165) is 12.1 Å². The van der Waals surface area contributed by atoms with Crippen molar-refractivity contribution in [3.8, 4) is 0 Å². The van der Waals surface area contributed by atoms with Crippen LogP contribution in [0.5, 0.6) is 0 Å². The van der Waals surface area contributed by atoms with Crippen molar-refractivity contribution in [3.05, 3.63) is 59.9 Å². The number of hydrogen-bond donors (Lipinski definition) is 1. The molecule has 1 aliphatic rings. The topological polar surface area (TPSA) is 35.6 Å². The molecular formula is C17H16F3N3O. The Kier molecular flexibility index (Phi) is 4.59. The van der Waals surface area contributed by atoms with Gasteiger partial charge in [0.2, 0.25) is 0 Å². The monoisotopic (exact) mass is 335 g/mol. The summed E-state index contributed by atoms with van der Waals surface area (Å²) in [6, 6.07) is 9.03. The fraction of sp³-hybridized carbons (Fsp3) is 0.235. The van der Waals surface area contributed by atoms with Gasteiger partial charge in [-0.3, -0.25) is 0 Å². The van der Waals surface area contributed by atoms with Crippen LogP contribution in [-0.4, -0.2) is 37.1 Å². The number of carbonyl (C=O) groups is 1. The van der Waals surface area contributed by atoms with Crippen LogP contribution in [0.3, 0.4) is 0 Å². The Morgan fingerprint density at radius 1 is 0.875 bits per heavy atom. The molecule has 0 unspecified atom stereocenters. The molecule has 0 aromatic heterocycles. The molecule has 0 radical (unpaired) electrons. The molecule has 1 N–H and O–H groups in total. The number of urea groups is 1. The summed E-state index contributed by atoms with van der Waals surface area (Å²) < 4.78 is 39.2. The van der Waals surface area contributed by atoms with Crippen LogP contribution < -0.4 is 10.2 Å². The van der Waals surface area contributed by atoms with Gasteiger partial charge in [-0.1, -0.05) is 0 Å². The van der Waals surface area contributed by atoms with Crippen LogP contribution in [0.15, 0.2) is 42.5 Å². The van der Waals surface area contributed by atoms with Gasteiger partial charge in [-0.05, 0) is 36.4 Å². The Morgan fingerprint density at radius 2 is 1.54 bits per heavy atom. The zero-order chi connectivity index (χ0) is 17.1. The highest BCUT2D eigenvalue weighted by Gasteiger charge is 2.22. The highest BCUT2D eigenvalue weighted by atomic mass is 19.2. The van der Waals surface area contributed by atoms with Crippen molar-refractivity contribution in [2.24, 2.45) is 0 Å². The molecule has 3 rings (SSSR count). The number of rotatable bonds is 2. The number of carbonyl (C=O) groups excluding carboxylic acids is 1. The van der Waals surface area contributed by atoms with Crippen LogP contribution in [0, 0.1) is 17.5 Å². The van der Waals surface area contributed by atoms with E-state index >= 15 is 0 Å². The van der Waals surface area contributed by atoms with E-state index < -0.39 is 11.6 Å². The van der Waals surface area contributed by atoms with E-state index in [2.05, 4.69) is 5.32 Å². The number of nitrogens with zero attached hydrogens (tertiary/aromatic N) is 2. The SMILES string of the molecule is O=C(Nc1ccc(F)cc1)N1CCN(c2ccc(F)c(F)c2)CC1. The summed E-state index contributed by atoms with van der Waals surface area (Å²) in [5, 5.41) is 2.70. The van der Waals surface area contributed by atoms with Gasteiger partial charge in [-0.15, -0.1) is 0 Å². The molecule has 1 fully saturated rings. The number of anilines is 2. The lowest BCUT2D eigenvalue weighted by Crippen LogP contribution is -2.50. The van der Waals surface area contributed by atoms with Crippen LogP contribution in [0.25, 0.3) is 0 Å². The smallest absolute Gasteiger partial charge is 0.321 e. The Morgan fingerprint density at radius 3 is 2.17 bits per heavy atom. The molecule has 1 saturated heterocycles. The lowest BCUT2D eigenvalue weighted by Gasteiger charge is -2.36. The summed E-state index contributed by atoms with van der Waals surface area (Å²) in [4.78, 5) is 15.7. The van der Waals surface area contributed by atoms with E-state index in [4.69, 9.17) is 0 Å². The van der Waals surface area contributed by atoms with Gasteiger partial charge >= 0.3 is 6.03 Å². The van der Waals surface area contributed by atoms with Gasteiger partial charge in [0.05, 0.1) is 0 Å². The van der Waals surface area contributed by atoms with Crippen molar-refractivity contribution in [2.45, 2.75) is 0 Å². The zero-order valence-corrected chi connectivity index (χ0v) is 12.8. The third-order valence-electron chi connectivity index (χ3n) is 3.93. The maximum Gasteiger partial charge on any atom is 0.321 e. The van der Waals surface area contributed by atoms with Crippen LogP contribution in [-0.2, 0) is 0 Å². The second kappa shape index (κ2) is 6.82. The lowest BCUT2D eigenvalue weighted by atomic mass is 10.2. The van der Waals surface area contributed by atoms with Gasteiger partial charge in [0.1, 0.15) is 5.82 Å². The normalized spacial score (nSPS) is 14.6. The molecule has 0 spiro atoms. The first-order chi connectivity index (χ1) is 11.5. The molecule has 2 aromatic rings. The van der Waals surface area contributed by atoms with Crippen LogP contribution in [0.4, 0.5) is 29.3 Å². The molecule has 24 heavy (non-hydrogen) atoms. The van der Waals surface area contributed by atoms with Crippen molar-refractivity contribution < 1.29 is 18.0 Å². The first-order valence-corrected chi connectivity index (χ1v) is 7.54. The van der Waals surface area contributed by atoms with E-state index in [0.29, 0.717) is 37.6 Å². The fourth-order valence-corrected chi connectivity index (χ4v) is 2.59. The molecule has 1 aliphatic heterocycles. The number of nitrogens with one attached hydrogen (secondary N) is 1. The number of piperazine rings is 1. The molecule has 2 aromatic carbocycles. The quantitative estimate of drug-likeness (QED) is 0.912. The fourth-order valence-electron chi connectivity index (χ4n) is 2.59. The van der Waals surface area contributed by atoms with Crippen LogP contribution in [0.2, 0.25) is 0 Å². The van der Waals surface area contributed by atoms with Gasteiger partial charge in [0, 0.05) is 43.6 Å². The summed E-state index contributed by atoms with van der Waals surface area (Å²) in [6.07, 6.45) is 0. The van der Waals surface area contributed by atoms with Gasteiger partial charge in [-0.2, -0.15) is 0 Å². The Balaban J connectivity index is 1.57. The van der Waals surface area contributed by atoms with Crippen LogP contribution in [0.1, 0.15) is 0 Å². The minimum Gasteiger partial charge on any atom is -0.368 e. The first-order valence-electron chi connectivity index (χ1n) is 7.54. The first kappa shape index (κ1) is 16.2. The second-order valence-electron chi connectivity index (χ2n) is 5.51. The van der Waals surface area contributed by atoms with E-state index in [1.807, 2.05) is 4.90 Å². The van der Waals surface area contributed by atoms with Gasteiger partial charge in [0.15, 0.2) is 11.6 Å². The number of amides is 2. The molecular weight excluding hydrogens is 319 g/mol. The predicted octanol–water partition coefficient (Wildman–Crippen LogP) is 3.46. The van der Waals surface area contributed by atoms with Crippen molar-refractivity contribution >= 4 is 17.4 Å². The Labute approximate surface area is 137 Å². The molecule has 4 nitrogen and oxygen atoms in total. The molecule has 2 amide bonds. The Bertz CT molecular complexity index is 728. The third-order valence-corrected chi connectivity index (χ3v) is 3.93. The predicted molar refractivity (Wildman–Crippen MR) is 85.6 cm³/mol. The summed E-state index contributed by atoms with van der Waals surface area (Å²) in [5.41, 5.74) is 1.11. The average Bonchev–Trinajstić information content (AvgIpc) is 2.59. The maximum absolute atomic E-state index is 13.3. The van der Waals surface area contributed by atoms with Crippen molar-refractivity contribution in [1.82, 2.24) is 4.90 Å². The van der Waals surface area contributed by atoms with E-state index in [1.54, 1.807) is 4.90 Å². The van der Waals surface area contributed by atoms with Crippen LogP contribution >= 0.6 is 0 Å². The van der Waals surface area contributed by atoms with Gasteiger partial charge < -0.3 is 15.1 Å². The van der Waals surface area contributed by atoms with E-state index in [9.17, 15) is 18.0 Å². The standard InChI is InChI=1S/C17H16F3N3O/c18-12-1-3-13(4-2-12)21-17(24)23-9-7-22(8-10-23)14-5-6-15(19)16(20)11-14/h1-6,11H,7-10H2,(H,21,24). The molecule has 1 heterocycles. The van der Waals surface area contributed by atoms with Gasteiger partial charge in [0.25, 0.3) is 0 Å². The van der Waals surface area contributed by atoms with Crippen molar-refractivity contribution in [3.63, 3.8) is 0 Å². The zero-order valence-electron chi connectivity index (χ0n) is 12.8. The Hall–Kier alpha value is -2.70. The minimum atomic E-state index is -0.885. The number of hydrogen-bond acceptors (Lipinski definition) is 2. The van der Waals surface area contributed by atoms with Gasteiger partial charge in [-0.25, -0.2) is 18.0 Å².